The monoisotopic (exact) mass is 428 g/mol. The van der Waals surface area contributed by atoms with Crippen molar-refractivity contribution in [3.8, 4) is 0 Å². The summed E-state index contributed by atoms with van der Waals surface area (Å²) < 4.78 is 0. The standard InChI is InChI=1S/C26H56N2O2/c1-3-5-7-9-11-13-15-17-19-25(29)23-27-21-22-28-24-26(30)20-18-16-14-12-10-8-6-4-2/h25-30H,3-24H2,1-2H3. The minimum atomic E-state index is -0.224. The molecule has 0 aromatic carbocycles. The molecule has 0 fully saturated rings. The first-order chi connectivity index (χ1) is 14.7. The summed E-state index contributed by atoms with van der Waals surface area (Å²) in [5, 5.41) is 26.7. The molecule has 0 aliphatic carbocycles. The van der Waals surface area contributed by atoms with Crippen molar-refractivity contribution in [2.45, 2.75) is 142 Å². The lowest BCUT2D eigenvalue weighted by molar-refractivity contribution is 0.153. The van der Waals surface area contributed by atoms with Gasteiger partial charge in [-0.1, -0.05) is 117 Å². The SMILES string of the molecule is CCCCCCCCCCC(O)CNCCNCC(O)CCCCCCCCCC. The van der Waals surface area contributed by atoms with E-state index in [1.54, 1.807) is 0 Å². The Balaban J connectivity index is 3.25. The van der Waals surface area contributed by atoms with E-state index in [0.717, 1.165) is 38.8 Å². The Bertz CT molecular complexity index is 285. The maximum atomic E-state index is 10.0. The highest BCUT2D eigenvalue weighted by Gasteiger charge is 2.05. The van der Waals surface area contributed by atoms with E-state index >= 15 is 0 Å². The molecule has 0 saturated carbocycles. The highest BCUT2D eigenvalue weighted by Crippen LogP contribution is 2.11. The van der Waals surface area contributed by atoms with E-state index in [2.05, 4.69) is 24.5 Å². The first kappa shape index (κ1) is 29.8. The van der Waals surface area contributed by atoms with Crippen LogP contribution in [0.15, 0.2) is 0 Å². The molecule has 30 heavy (non-hydrogen) atoms. The van der Waals surface area contributed by atoms with Crippen molar-refractivity contribution >= 4 is 0 Å². The third-order valence-electron chi connectivity index (χ3n) is 6.02. The molecule has 0 aliphatic rings. The Morgan fingerprint density at radius 2 is 0.767 bits per heavy atom. The molecule has 0 bridgehead atoms. The van der Waals surface area contributed by atoms with Gasteiger partial charge in [-0.3, -0.25) is 0 Å². The Kier molecular flexibility index (Phi) is 25.0. The molecule has 2 unspecified atom stereocenters. The Hall–Kier alpha value is -0.160. The van der Waals surface area contributed by atoms with Crippen LogP contribution in [0.3, 0.4) is 0 Å². The number of nitrogens with one attached hydrogen (secondary N) is 2. The molecule has 0 saturated heterocycles. The van der Waals surface area contributed by atoms with Crippen LogP contribution >= 0.6 is 0 Å². The van der Waals surface area contributed by atoms with E-state index in [0.29, 0.717) is 13.1 Å². The van der Waals surface area contributed by atoms with Crippen LogP contribution in [-0.2, 0) is 0 Å². The maximum absolute atomic E-state index is 10.0. The zero-order valence-corrected chi connectivity index (χ0v) is 20.6. The minimum Gasteiger partial charge on any atom is -0.392 e. The molecule has 0 aromatic heterocycles. The lowest BCUT2D eigenvalue weighted by Gasteiger charge is -2.14. The van der Waals surface area contributed by atoms with Crippen molar-refractivity contribution < 1.29 is 10.2 Å². The molecule has 0 radical (unpaired) electrons. The van der Waals surface area contributed by atoms with Crippen molar-refractivity contribution in [3.05, 3.63) is 0 Å². The van der Waals surface area contributed by atoms with Crippen molar-refractivity contribution in [2.24, 2.45) is 0 Å². The number of unbranched alkanes of at least 4 members (excludes halogenated alkanes) is 14. The predicted octanol–water partition coefficient (Wildman–Crippen LogP) is 5.95. The number of aliphatic hydroxyl groups excluding tert-OH is 2. The Morgan fingerprint density at radius 1 is 0.467 bits per heavy atom. The van der Waals surface area contributed by atoms with Crippen LogP contribution in [0.25, 0.3) is 0 Å². The molecule has 4 N–H and O–H groups in total. The smallest absolute Gasteiger partial charge is 0.0664 e. The molecule has 0 spiro atoms. The van der Waals surface area contributed by atoms with Gasteiger partial charge in [-0.2, -0.15) is 0 Å². The Morgan fingerprint density at radius 3 is 1.10 bits per heavy atom. The average Bonchev–Trinajstić information content (AvgIpc) is 2.74. The van der Waals surface area contributed by atoms with Gasteiger partial charge in [-0.05, 0) is 12.8 Å². The van der Waals surface area contributed by atoms with E-state index in [1.807, 2.05) is 0 Å². The summed E-state index contributed by atoms with van der Waals surface area (Å²) in [7, 11) is 0. The van der Waals surface area contributed by atoms with Crippen LogP contribution < -0.4 is 10.6 Å². The first-order valence-electron chi connectivity index (χ1n) is 13.5. The lowest BCUT2D eigenvalue weighted by Crippen LogP contribution is -2.35. The molecular weight excluding hydrogens is 372 g/mol. The summed E-state index contributed by atoms with van der Waals surface area (Å²) in [4.78, 5) is 0. The third-order valence-corrected chi connectivity index (χ3v) is 6.02. The van der Waals surface area contributed by atoms with Crippen LogP contribution in [0, 0.1) is 0 Å². The molecule has 2 atom stereocenters. The van der Waals surface area contributed by atoms with E-state index in [4.69, 9.17) is 0 Å². The quantitative estimate of drug-likeness (QED) is 0.136. The molecule has 0 amide bonds. The van der Waals surface area contributed by atoms with Gasteiger partial charge in [0.1, 0.15) is 0 Å². The summed E-state index contributed by atoms with van der Waals surface area (Å²) in [6, 6.07) is 0. The largest absolute Gasteiger partial charge is 0.392 e. The van der Waals surface area contributed by atoms with Gasteiger partial charge in [0.05, 0.1) is 12.2 Å². The number of hydrogen-bond acceptors (Lipinski definition) is 4. The number of rotatable bonds is 25. The Labute approximate surface area is 189 Å². The van der Waals surface area contributed by atoms with Crippen molar-refractivity contribution in [1.29, 1.82) is 0 Å². The second kappa shape index (κ2) is 25.1. The van der Waals surface area contributed by atoms with Gasteiger partial charge in [0.25, 0.3) is 0 Å². The molecule has 0 aliphatic heterocycles. The first-order valence-corrected chi connectivity index (χ1v) is 13.5. The topological polar surface area (TPSA) is 64.5 Å². The van der Waals surface area contributed by atoms with E-state index < -0.39 is 0 Å². The maximum Gasteiger partial charge on any atom is 0.0664 e. The zero-order valence-electron chi connectivity index (χ0n) is 20.6. The summed E-state index contributed by atoms with van der Waals surface area (Å²) in [5.41, 5.74) is 0. The molecule has 0 heterocycles. The fourth-order valence-corrected chi connectivity index (χ4v) is 3.95. The lowest BCUT2D eigenvalue weighted by atomic mass is 10.1. The summed E-state index contributed by atoms with van der Waals surface area (Å²) in [6.07, 6.45) is 22.4. The molecular formula is C26H56N2O2. The summed E-state index contributed by atoms with van der Waals surface area (Å²) in [5.74, 6) is 0. The van der Waals surface area contributed by atoms with E-state index in [1.165, 1.54) is 89.9 Å². The zero-order chi connectivity index (χ0) is 22.1. The third kappa shape index (κ3) is 24.1. The van der Waals surface area contributed by atoms with Gasteiger partial charge in [0, 0.05) is 26.2 Å². The molecule has 4 heteroatoms. The molecule has 182 valence electrons. The van der Waals surface area contributed by atoms with Gasteiger partial charge in [0.15, 0.2) is 0 Å². The van der Waals surface area contributed by atoms with Gasteiger partial charge in [-0.15, -0.1) is 0 Å². The molecule has 0 aromatic rings. The summed E-state index contributed by atoms with van der Waals surface area (Å²) in [6.45, 7) is 7.57. The van der Waals surface area contributed by atoms with Gasteiger partial charge >= 0.3 is 0 Å². The number of hydrogen-bond donors (Lipinski definition) is 4. The van der Waals surface area contributed by atoms with Gasteiger partial charge in [-0.25, -0.2) is 0 Å². The van der Waals surface area contributed by atoms with E-state index in [9.17, 15) is 10.2 Å². The van der Waals surface area contributed by atoms with Gasteiger partial charge in [0.2, 0.25) is 0 Å². The summed E-state index contributed by atoms with van der Waals surface area (Å²) >= 11 is 0. The van der Waals surface area contributed by atoms with Crippen molar-refractivity contribution in [2.75, 3.05) is 26.2 Å². The van der Waals surface area contributed by atoms with Crippen LogP contribution in [0.4, 0.5) is 0 Å². The normalized spacial score (nSPS) is 13.6. The van der Waals surface area contributed by atoms with Crippen LogP contribution in [0.2, 0.25) is 0 Å². The minimum absolute atomic E-state index is 0.224. The predicted molar refractivity (Wildman–Crippen MR) is 132 cm³/mol. The van der Waals surface area contributed by atoms with Gasteiger partial charge < -0.3 is 20.8 Å². The molecule has 0 rings (SSSR count). The highest BCUT2D eigenvalue weighted by molar-refractivity contribution is 4.64. The highest BCUT2D eigenvalue weighted by atomic mass is 16.3. The second-order valence-electron chi connectivity index (χ2n) is 9.24. The van der Waals surface area contributed by atoms with Crippen LogP contribution in [0.5, 0.6) is 0 Å². The van der Waals surface area contributed by atoms with E-state index in [-0.39, 0.29) is 12.2 Å². The fourth-order valence-electron chi connectivity index (χ4n) is 3.95. The van der Waals surface area contributed by atoms with Crippen LogP contribution in [-0.4, -0.2) is 48.6 Å². The van der Waals surface area contributed by atoms with Crippen molar-refractivity contribution in [3.63, 3.8) is 0 Å². The fraction of sp³-hybridized carbons (Fsp3) is 1.00. The average molecular weight is 429 g/mol. The molecule has 4 nitrogen and oxygen atoms in total. The van der Waals surface area contributed by atoms with Crippen molar-refractivity contribution in [1.82, 2.24) is 10.6 Å². The number of aliphatic hydroxyl groups is 2. The van der Waals surface area contributed by atoms with Crippen LogP contribution in [0.1, 0.15) is 129 Å². The second-order valence-corrected chi connectivity index (χ2v) is 9.24.